The number of hydrogen-bond donors (Lipinski definition) is 2. The summed E-state index contributed by atoms with van der Waals surface area (Å²) < 4.78 is 16.6. The predicted molar refractivity (Wildman–Crippen MR) is 111 cm³/mol. The molecule has 1 aliphatic carbocycles. The number of anilines is 2. The molecule has 1 aliphatic rings. The summed E-state index contributed by atoms with van der Waals surface area (Å²) >= 11 is 0. The number of ether oxygens (including phenoxy) is 3. The van der Waals surface area contributed by atoms with E-state index in [4.69, 9.17) is 14.2 Å². The zero-order chi connectivity index (χ0) is 20.8. The van der Waals surface area contributed by atoms with E-state index in [1.165, 1.54) is 0 Å². The Hall–Kier alpha value is -3.22. The molecule has 0 saturated heterocycles. The maximum Gasteiger partial charge on any atom is 0.255 e. The third-order valence-electron chi connectivity index (χ3n) is 4.47. The van der Waals surface area contributed by atoms with E-state index in [1.54, 1.807) is 43.5 Å². The number of nitrogens with one attached hydrogen (secondary N) is 2. The molecule has 2 aromatic rings. The third-order valence-corrected chi connectivity index (χ3v) is 4.47. The lowest BCUT2D eigenvalue weighted by Gasteiger charge is -2.18. The average molecular weight is 398 g/mol. The fourth-order valence-corrected chi connectivity index (χ4v) is 2.84. The van der Waals surface area contributed by atoms with Crippen LogP contribution in [0.15, 0.2) is 36.4 Å². The van der Waals surface area contributed by atoms with Gasteiger partial charge >= 0.3 is 0 Å². The number of carbonyl (C=O) groups is 2. The molecule has 154 valence electrons. The summed E-state index contributed by atoms with van der Waals surface area (Å²) in [6, 6.07) is 10.2. The fourth-order valence-electron chi connectivity index (χ4n) is 2.84. The summed E-state index contributed by atoms with van der Waals surface area (Å²) in [4.78, 5) is 25.0. The molecule has 0 unspecified atom stereocenters. The highest BCUT2D eigenvalue weighted by atomic mass is 16.5. The van der Waals surface area contributed by atoms with Crippen molar-refractivity contribution in [2.45, 2.75) is 26.7 Å². The quantitative estimate of drug-likeness (QED) is 0.664. The van der Waals surface area contributed by atoms with Crippen LogP contribution in [0.2, 0.25) is 0 Å². The van der Waals surface area contributed by atoms with Crippen LogP contribution in [-0.4, -0.2) is 32.1 Å². The van der Waals surface area contributed by atoms with Crippen LogP contribution in [0.5, 0.6) is 17.2 Å². The van der Waals surface area contributed by atoms with Gasteiger partial charge in [0.25, 0.3) is 5.91 Å². The van der Waals surface area contributed by atoms with Gasteiger partial charge in [0.1, 0.15) is 17.2 Å². The monoisotopic (exact) mass is 398 g/mol. The summed E-state index contributed by atoms with van der Waals surface area (Å²) in [5.74, 6) is 1.26. The van der Waals surface area contributed by atoms with Gasteiger partial charge in [0.2, 0.25) is 5.91 Å². The highest BCUT2D eigenvalue weighted by molar-refractivity contribution is 6.06. The van der Waals surface area contributed by atoms with Gasteiger partial charge < -0.3 is 24.8 Å². The topological polar surface area (TPSA) is 85.9 Å². The van der Waals surface area contributed by atoms with Crippen LogP contribution in [-0.2, 0) is 4.79 Å². The molecule has 0 aromatic heterocycles. The van der Waals surface area contributed by atoms with Crippen LogP contribution in [0, 0.1) is 5.92 Å². The Morgan fingerprint density at radius 2 is 1.59 bits per heavy atom. The van der Waals surface area contributed by atoms with Gasteiger partial charge in [-0.2, -0.15) is 0 Å². The summed E-state index contributed by atoms with van der Waals surface area (Å²) in [6.07, 6.45) is 1.81. The molecule has 0 radical (unpaired) electrons. The molecule has 1 fully saturated rings. The maximum atomic E-state index is 12.7. The van der Waals surface area contributed by atoms with Crippen LogP contribution < -0.4 is 24.8 Å². The standard InChI is InChI=1S/C22H26N2O5/c1-4-28-19-13-18(24-22(26)15-7-6-8-16(11-15)27-3)20(29-5-2)12-17(19)23-21(25)14-9-10-14/h6-8,11-14H,4-5,9-10H2,1-3H3,(H,23,25)(H,24,26). The number of carbonyl (C=O) groups excluding carboxylic acids is 2. The summed E-state index contributed by atoms with van der Waals surface area (Å²) in [5.41, 5.74) is 1.45. The minimum atomic E-state index is -0.304. The van der Waals surface area contributed by atoms with Gasteiger partial charge in [-0.05, 0) is 44.9 Å². The van der Waals surface area contributed by atoms with E-state index >= 15 is 0 Å². The van der Waals surface area contributed by atoms with Gasteiger partial charge in [-0.15, -0.1) is 0 Å². The molecule has 1 saturated carbocycles. The van der Waals surface area contributed by atoms with Crippen LogP contribution in [0.3, 0.4) is 0 Å². The second-order valence-electron chi connectivity index (χ2n) is 6.66. The van der Waals surface area contributed by atoms with Crippen molar-refractivity contribution in [2.24, 2.45) is 5.92 Å². The minimum Gasteiger partial charge on any atom is -0.497 e. The highest BCUT2D eigenvalue weighted by Gasteiger charge is 2.30. The Bertz CT molecular complexity index is 893. The molecule has 2 N–H and O–H groups in total. The van der Waals surface area contributed by atoms with Crippen molar-refractivity contribution in [2.75, 3.05) is 31.0 Å². The van der Waals surface area contributed by atoms with Crippen LogP contribution >= 0.6 is 0 Å². The van der Waals surface area contributed by atoms with Gasteiger partial charge in [0, 0.05) is 23.6 Å². The molecule has 3 rings (SSSR count). The van der Waals surface area contributed by atoms with Crippen molar-refractivity contribution in [1.29, 1.82) is 0 Å². The second kappa shape index (κ2) is 9.32. The van der Waals surface area contributed by atoms with Crippen LogP contribution in [0.1, 0.15) is 37.0 Å². The maximum absolute atomic E-state index is 12.7. The van der Waals surface area contributed by atoms with Crippen LogP contribution in [0.25, 0.3) is 0 Å². The highest BCUT2D eigenvalue weighted by Crippen LogP contribution is 2.39. The summed E-state index contributed by atoms with van der Waals surface area (Å²) in [7, 11) is 1.55. The van der Waals surface area contributed by atoms with Gasteiger partial charge in [0.05, 0.1) is 31.7 Å². The molecule has 7 heteroatoms. The molecule has 0 atom stereocenters. The summed E-state index contributed by atoms with van der Waals surface area (Å²) in [6.45, 7) is 4.54. The number of amides is 2. The van der Waals surface area contributed by atoms with Gasteiger partial charge in [-0.25, -0.2) is 0 Å². The summed E-state index contributed by atoms with van der Waals surface area (Å²) in [5, 5.41) is 5.78. The molecule has 0 heterocycles. The lowest BCUT2D eigenvalue weighted by Crippen LogP contribution is -2.16. The number of methoxy groups -OCH3 is 1. The Morgan fingerprint density at radius 1 is 0.966 bits per heavy atom. The first-order chi connectivity index (χ1) is 14.0. The largest absolute Gasteiger partial charge is 0.497 e. The number of benzene rings is 2. The van der Waals surface area contributed by atoms with E-state index in [2.05, 4.69) is 10.6 Å². The van der Waals surface area contributed by atoms with Gasteiger partial charge in [-0.1, -0.05) is 6.07 Å². The van der Waals surface area contributed by atoms with Crippen molar-refractivity contribution in [1.82, 2.24) is 0 Å². The Kier molecular flexibility index (Phi) is 6.59. The van der Waals surface area contributed by atoms with Crippen molar-refractivity contribution >= 4 is 23.2 Å². The molecule has 2 aromatic carbocycles. The number of rotatable bonds is 9. The first kappa shape index (κ1) is 20.5. The van der Waals surface area contributed by atoms with Crippen molar-refractivity contribution in [3.8, 4) is 17.2 Å². The SMILES string of the molecule is CCOc1cc(NC(=O)C2CC2)c(OCC)cc1NC(=O)c1cccc(OC)c1. The molecule has 7 nitrogen and oxygen atoms in total. The predicted octanol–water partition coefficient (Wildman–Crippen LogP) is 4.09. The molecule has 0 aliphatic heterocycles. The molecule has 29 heavy (non-hydrogen) atoms. The zero-order valence-electron chi connectivity index (χ0n) is 16.9. The Balaban J connectivity index is 1.89. The lowest BCUT2D eigenvalue weighted by molar-refractivity contribution is -0.117. The van der Waals surface area contributed by atoms with Crippen molar-refractivity contribution in [3.05, 3.63) is 42.0 Å². The molecule has 0 spiro atoms. The minimum absolute atomic E-state index is 0.0263. The lowest BCUT2D eigenvalue weighted by atomic mass is 10.1. The molecular weight excluding hydrogens is 372 g/mol. The van der Waals surface area contributed by atoms with E-state index in [9.17, 15) is 9.59 Å². The van der Waals surface area contributed by atoms with E-state index in [-0.39, 0.29) is 17.7 Å². The smallest absolute Gasteiger partial charge is 0.255 e. The normalized spacial score (nSPS) is 12.8. The Labute approximate surface area is 170 Å². The molecule has 0 bridgehead atoms. The van der Waals surface area contributed by atoms with E-state index < -0.39 is 0 Å². The number of hydrogen-bond acceptors (Lipinski definition) is 5. The molecule has 2 amide bonds. The zero-order valence-corrected chi connectivity index (χ0v) is 16.9. The van der Waals surface area contributed by atoms with Crippen LogP contribution in [0.4, 0.5) is 11.4 Å². The van der Waals surface area contributed by atoms with Crippen molar-refractivity contribution < 1.29 is 23.8 Å². The fraction of sp³-hybridized carbons (Fsp3) is 0.364. The van der Waals surface area contributed by atoms with E-state index in [1.807, 2.05) is 13.8 Å². The first-order valence-corrected chi connectivity index (χ1v) is 9.75. The Morgan fingerprint density at radius 3 is 2.14 bits per heavy atom. The molecular formula is C22H26N2O5. The van der Waals surface area contributed by atoms with Gasteiger partial charge in [-0.3, -0.25) is 9.59 Å². The first-order valence-electron chi connectivity index (χ1n) is 9.75. The van der Waals surface area contributed by atoms with E-state index in [0.717, 1.165) is 12.8 Å². The van der Waals surface area contributed by atoms with Gasteiger partial charge in [0.15, 0.2) is 0 Å². The van der Waals surface area contributed by atoms with E-state index in [0.29, 0.717) is 47.4 Å². The third kappa shape index (κ3) is 5.19. The second-order valence-corrected chi connectivity index (χ2v) is 6.66. The van der Waals surface area contributed by atoms with Crippen molar-refractivity contribution in [3.63, 3.8) is 0 Å². The average Bonchev–Trinajstić information content (AvgIpc) is 3.56.